The highest BCUT2D eigenvalue weighted by Gasteiger charge is 2.37. The fourth-order valence-electron chi connectivity index (χ4n) is 2.71. The van der Waals surface area contributed by atoms with E-state index in [0.717, 1.165) is 12.1 Å². The zero-order valence-electron chi connectivity index (χ0n) is 11.8. The van der Waals surface area contributed by atoms with E-state index in [2.05, 4.69) is 20.7 Å². The van der Waals surface area contributed by atoms with Gasteiger partial charge in [0.1, 0.15) is 30.2 Å². The third-order valence-corrected chi connectivity index (χ3v) is 3.74. The summed E-state index contributed by atoms with van der Waals surface area (Å²) in [6, 6.07) is 3.03. The fourth-order valence-corrected chi connectivity index (χ4v) is 2.71. The number of hydrogen-bond acceptors (Lipinski definition) is 6. The van der Waals surface area contributed by atoms with Gasteiger partial charge in [-0.15, -0.1) is 0 Å². The average molecular weight is 309 g/mol. The number of hydrazine groups is 1. The summed E-state index contributed by atoms with van der Waals surface area (Å²) in [7, 11) is 0. The van der Waals surface area contributed by atoms with Crippen LogP contribution in [0.1, 0.15) is 12.0 Å². The molecule has 0 amide bonds. The van der Waals surface area contributed by atoms with Crippen LogP contribution < -0.4 is 10.7 Å². The van der Waals surface area contributed by atoms with Crippen molar-refractivity contribution < 1.29 is 13.9 Å². The molecule has 0 saturated carbocycles. The molecule has 2 heterocycles. The van der Waals surface area contributed by atoms with Crippen LogP contribution in [0.5, 0.6) is 0 Å². The van der Waals surface area contributed by atoms with Crippen LogP contribution in [0.15, 0.2) is 28.2 Å². The Kier molecular flexibility index (Phi) is 4.14. The number of nitrogens with one attached hydrogen (secondary N) is 2. The van der Waals surface area contributed by atoms with Crippen molar-refractivity contribution in [2.24, 2.45) is 9.98 Å². The van der Waals surface area contributed by atoms with Crippen molar-refractivity contribution in [3.8, 4) is 0 Å². The Bertz CT molecular complexity index is 583. The minimum absolute atomic E-state index is 0.0538. The summed E-state index contributed by atoms with van der Waals surface area (Å²) in [5, 5.41) is 15.7. The molecule has 0 spiro atoms. The van der Waals surface area contributed by atoms with Gasteiger partial charge < -0.3 is 5.11 Å². The molecule has 118 valence electrons. The number of aliphatic imine (C=N–C) groups is 2. The Labute approximate surface area is 126 Å². The van der Waals surface area contributed by atoms with Gasteiger partial charge in [-0.05, 0) is 6.07 Å². The molecule has 0 radical (unpaired) electrons. The van der Waals surface area contributed by atoms with Gasteiger partial charge in [0.05, 0.1) is 13.2 Å². The third-order valence-electron chi connectivity index (χ3n) is 3.74. The van der Waals surface area contributed by atoms with Crippen LogP contribution in [0.25, 0.3) is 0 Å². The molecule has 0 aromatic heterocycles. The molecule has 0 fully saturated rings. The molecule has 2 unspecified atom stereocenters. The Morgan fingerprint density at radius 3 is 2.82 bits per heavy atom. The van der Waals surface area contributed by atoms with Crippen molar-refractivity contribution in [1.29, 1.82) is 0 Å². The minimum Gasteiger partial charge on any atom is -0.383 e. The molecule has 8 heteroatoms. The maximum atomic E-state index is 14.2. The van der Waals surface area contributed by atoms with Crippen molar-refractivity contribution in [3.05, 3.63) is 35.4 Å². The van der Waals surface area contributed by atoms with Crippen LogP contribution in [0.2, 0.25) is 0 Å². The summed E-state index contributed by atoms with van der Waals surface area (Å²) in [4.78, 5) is 8.05. The molecular weight excluding hydrogens is 292 g/mol. The quantitative estimate of drug-likeness (QED) is 0.734. The Hall–Kier alpha value is -1.90. The molecule has 1 aromatic rings. The van der Waals surface area contributed by atoms with Gasteiger partial charge in [-0.1, -0.05) is 6.07 Å². The molecule has 1 aromatic carbocycles. The summed E-state index contributed by atoms with van der Waals surface area (Å²) in [5.74, 6) is -1.45. The maximum absolute atomic E-state index is 14.2. The molecule has 0 saturated heterocycles. The molecular formula is C14H17F2N5O. The number of nitrogens with zero attached hydrogens (tertiary/aromatic N) is 3. The molecule has 2 aliphatic rings. The monoisotopic (exact) mass is 309 g/mol. The van der Waals surface area contributed by atoms with E-state index >= 15 is 0 Å². The second kappa shape index (κ2) is 6.07. The standard InChI is InChI=1S/C14H17F2N5O/c15-10-1-2-12(13(16)3-10)14(22,4-11-5-17-7-19-11)6-21-9-18-8-20-21/h1-3,5,9,11,19-20,22H,4,6-8H2. The van der Waals surface area contributed by atoms with Crippen molar-refractivity contribution >= 4 is 12.6 Å². The summed E-state index contributed by atoms with van der Waals surface area (Å²) >= 11 is 0. The van der Waals surface area contributed by atoms with Crippen LogP contribution in [-0.2, 0) is 5.60 Å². The highest BCUT2D eigenvalue weighted by molar-refractivity contribution is 5.66. The first-order valence-electron chi connectivity index (χ1n) is 6.98. The number of hydrogen-bond donors (Lipinski definition) is 3. The molecule has 0 bridgehead atoms. The first kappa shape index (κ1) is 15.0. The number of halogens is 2. The van der Waals surface area contributed by atoms with E-state index in [1.54, 1.807) is 17.6 Å². The summed E-state index contributed by atoms with van der Waals surface area (Å²) in [6.07, 6.45) is 3.45. The zero-order valence-corrected chi connectivity index (χ0v) is 11.8. The van der Waals surface area contributed by atoms with E-state index in [-0.39, 0.29) is 24.6 Å². The highest BCUT2D eigenvalue weighted by atomic mass is 19.1. The summed E-state index contributed by atoms with van der Waals surface area (Å²) < 4.78 is 27.3. The molecule has 6 nitrogen and oxygen atoms in total. The zero-order chi connectivity index (χ0) is 15.6. The van der Waals surface area contributed by atoms with E-state index in [1.165, 1.54) is 6.07 Å². The highest BCUT2D eigenvalue weighted by Crippen LogP contribution is 2.30. The van der Waals surface area contributed by atoms with Crippen LogP contribution >= 0.6 is 0 Å². The first-order valence-corrected chi connectivity index (χ1v) is 6.98. The van der Waals surface area contributed by atoms with Crippen molar-refractivity contribution in [3.63, 3.8) is 0 Å². The van der Waals surface area contributed by atoms with Crippen molar-refractivity contribution in [2.45, 2.75) is 18.1 Å². The lowest BCUT2D eigenvalue weighted by Gasteiger charge is -2.34. The molecule has 3 rings (SSSR count). The Balaban J connectivity index is 1.89. The lowest BCUT2D eigenvalue weighted by atomic mass is 9.86. The van der Waals surface area contributed by atoms with Crippen LogP contribution in [0, 0.1) is 11.6 Å². The third kappa shape index (κ3) is 3.13. The van der Waals surface area contributed by atoms with E-state index in [0.29, 0.717) is 13.3 Å². The lowest BCUT2D eigenvalue weighted by Crippen LogP contribution is -2.48. The predicted molar refractivity (Wildman–Crippen MR) is 78.4 cm³/mol. The fraction of sp³-hybridized carbons (Fsp3) is 0.429. The van der Waals surface area contributed by atoms with Gasteiger partial charge >= 0.3 is 0 Å². The molecule has 3 N–H and O–H groups in total. The van der Waals surface area contributed by atoms with E-state index in [4.69, 9.17) is 0 Å². The van der Waals surface area contributed by atoms with E-state index in [1.807, 2.05) is 0 Å². The number of β-amino-alcohol motifs (C(OH)–C–C–N with tert-alkyl or cyclic N) is 1. The second-order valence-corrected chi connectivity index (χ2v) is 5.40. The average Bonchev–Trinajstić information content (AvgIpc) is 3.12. The summed E-state index contributed by atoms with van der Waals surface area (Å²) in [6.45, 7) is 0.965. The molecule has 0 aliphatic carbocycles. The van der Waals surface area contributed by atoms with Gasteiger partial charge in [0, 0.05) is 30.3 Å². The number of rotatable bonds is 5. The van der Waals surface area contributed by atoms with Crippen LogP contribution in [0.4, 0.5) is 8.78 Å². The normalized spacial score (nSPS) is 23.2. The van der Waals surface area contributed by atoms with Crippen LogP contribution in [-0.4, -0.2) is 48.6 Å². The summed E-state index contributed by atoms with van der Waals surface area (Å²) in [5.41, 5.74) is 1.47. The smallest absolute Gasteiger partial charge is 0.132 e. The first-order chi connectivity index (χ1) is 10.6. The molecule has 22 heavy (non-hydrogen) atoms. The van der Waals surface area contributed by atoms with Crippen molar-refractivity contribution in [2.75, 3.05) is 19.9 Å². The topological polar surface area (TPSA) is 72.2 Å². The second-order valence-electron chi connectivity index (χ2n) is 5.40. The van der Waals surface area contributed by atoms with Crippen LogP contribution in [0.3, 0.4) is 0 Å². The SMILES string of the molecule is OC(CC1C=NCN1)(CN1C=NCN1)c1ccc(F)cc1F. The van der Waals surface area contributed by atoms with Gasteiger partial charge in [0.2, 0.25) is 0 Å². The van der Waals surface area contributed by atoms with Gasteiger partial charge in [-0.3, -0.25) is 20.3 Å². The largest absolute Gasteiger partial charge is 0.383 e. The van der Waals surface area contributed by atoms with Gasteiger partial charge in [0.15, 0.2) is 0 Å². The predicted octanol–water partition coefficient (Wildman–Crippen LogP) is 0.349. The molecule has 2 aliphatic heterocycles. The van der Waals surface area contributed by atoms with Gasteiger partial charge in [-0.25, -0.2) is 14.2 Å². The Morgan fingerprint density at radius 1 is 1.32 bits per heavy atom. The lowest BCUT2D eigenvalue weighted by molar-refractivity contribution is -0.00435. The van der Waals surface area contributed by atoms with E-state index < -0.39 is 17.2 Å². The Morgan fingerprint density at radius 2 is 2.18 bits per heavy atom. The van der Waals surface area contributed by atoms with Crippen molar-refractivity contribution in [1.82, 2.24) is 15.8 Å². The number of aliphatic hydroxyl groups is 1. The number of benzene rings is 1. The molecule has 2 atom stereocenters. The van der Waals surface area contributed by atoms with Gasteiger partial charge in [0.25, 0.3) is 0 Å². The van der Waals surface area contributed by atoms with E-state index in [9.17, 15) is 13.9 Å². The maximum Gasteiger partial charge on any atom is 0.132 e. The minimum atomic E-state index is -1.52. The van der Waals surface area contributed by atoms with Gasteiger partial charge in [-0.2, -0.15) is 0 Å².